The Labute approximate surface area is 205 Å². The normalized spacial score (nSPS) is 14.8. The molecule has 0 unspecified atom stereocenters. The minimum Gasteiger partial charge on any atom is -0.381 e. The third-order valence-corrected chi connectivity index (χ3v) is 7.73. The van der Waals surface area contributed by atoms with Gasteiger partial charge in [0.2, 0.25) is 16.0 Å². The molecule has 4 rings (SSSR count). The molecule has 0 spiro atoms. The molecule has 1 aromatic heterocycles. The first-order valence-corrected chi connectivity index (χ1v) is 13.0. The second kappa shape index (κ2) is 10.7. The fraction of sp³-hybridized carbons (Fsp3) is 0.333. The third-order valence-electron chi connectivity index (χ3n) is 5.78. The third kappa shape index (κ3) is 6.04. The van der Waals surface area contributed by atoms with Gasteiger partial charge < -0.3 is 15.8 Å². The van der Waals surface area contributed by atoms with E-state index in [9.17, 15) is 8.42 Å². The standard InChI is InChI=1S/C24H28ClN5O3S/c1-16-20(3-2-4-21(16)25)22-15-23(29-24(26)28-22)27-12-9-17-5-7-19(8-6-17)34(31,32)30-18-10-13-33-14-11-18/h2-8,15,18,30H,9-14H2,1H3,(H3,26,27,28,29). The first-order valence-electron chi connectivity index (χ1n) is 11.1. The minimum atomic E-state index is -3.54. The molecule has 2 aromatic carbocycles. The van der Waals surface area contributed by atoms with Crippen LogP contribution >= 0.6 is 11.6 Å². The molecule has 10 heteroatoms. The van der Waals surface area contributed by atoms with Crippen LogP contribution in [0.2, 0.25) is 5.02 Å². The van der Waals surface area contributed by atoms with Gasteiger partial charge in [-0.05, 0) is 55.5 Å². The zero-order chi connectivity index (χ0) is 24.1. The molecule has 3 aromatic rings. The highest BCUT2D eigenvalue weighted by Gasteiger charge is 2.22. The lowest BCUT2D eigenvalue weighted by Crippen LogP contribution is -2.38. The van der Waals surface area contributed by atoms with Crippen molar-refractivity contribution in [1.82, 2.24) is 14.7 Å². The maximum atomic E-state index is 12.6. The number of anilines is 2. The van der Waals surface area contributed by atoms with Gasteiger partial charge in [0.05, 0.1) is 10.6 Å². The molecule has 0 radical (unpaired) electrons. The minimum absolute atomic E-state index is 0.0801. The largest absolute Gasteiger partial charge is 0.381 e. The van der Waals surface area contributed by atoms with E-state index >= 15 is 0 Å². The lowest BCUT2D eigenvalue weighted by Gasteiger charge is -2.23. The molecular formula is C24H28ClN5O3S. The van der Waals surface area contributed by atoms with Crippen LogP contribution in [0.5, 0.6) is 0 Å². The Balaban J connectivity index is 1.37. The number of nitrogens with two attached hydrogens (primary N) is 1. The summed E-state index contributed by atoms with van der Waals surface area (Å²) in [5.41, 5.74) is 9.45. The summed E-state index contributed by atoms with van der Waals surface area (Å²) in [5.74, 6) is 0.785. The molecule has 34 heavy (non-hydrogen) atoms. The monoisotopic (exact) mass is 501 g/mol. The summed E-state index contributed by atoms with van der Waals surface area (Å²) in [4.78, 5) is 8.88. The molecule has 4 N–H and O–H groups in total. The number of halogens is 1. The highest BCUT2D eigenvalue weighted by atomic mass is 35.5. The number of benzene rings is 2. The maximum Gasteiger partial charge on any atom is 0.240 e. The molecule has 8 nitrogen and oxygen atoms in total. The molecule has 180 valence electrons. The Kier molecular flexibility index (Phi) is 7.67. The van der Waals surface area contributed by atoms with Crippen molar-refractivity contribution in [2.24, 2.45) is 0 Å². The molecular weight excluding hydrogens is 474 g/mol. The van der Waals surface area contributed by atoms with E-state index in [1.54, 1.807) is 12.1 Å². The van der Waals surface area contributed by atoms with Crippen molar-refractivity contribution in [3.8, 4) is 11.3 Å². The second-order valence-electron chi connectivity index (χ2n) is 8.24. The van der Waals surface area contributed by atoms with E-state index in [-0.39, 0.29) is 16.9 Å². The van der Waals surface area contributed by atoms with Crippen LogP contribution in [0.4, 0.5) is 11.8 Å². The van der Waals surface area contributed by atoms with Gasteiger partial charge in [0, 0.05) is 42.5 Å². The van der Waals surface area contributed by atoms with Crippen molar-refractivity contribution in [3.05, 3.63) is 64.7 Å². The van der Waals surface area contributed by atoms with Crippen molar-refractivity contribution < 1.29 is 13.2 Å². The summed E-state index contributed by atoms with van der Waals surface area (Å²) in [6.45, 7) is 3.69. The predicted octanol–water partition coefficient (Wildman–Crippen LogP) is 3.80. The van der Waals surface area contributed by atoms with Gasteiger partial charge in [-0.3, -0.25) is 0 Å². The number of sulfonamides is 1. The van der Waals surface area contributed by atoms with Gasteiger partial charge in [0.15, 0.2) is 0 Å². The molecule has 1 aliphatic heterocycles. The van der Waals surface area contributed by atoms with Crippen LogP contribution in [-0.4, -0.2) is 44.2 Å². The van der Waals surface area contributed by atoms with Crippen molar-refractivity contribution in [2.45, 2.75) is 37.1 Å². The Morgan fingerprint density at radius 2 is 1.85 bits per heavy atom. The highest BCUT2D eigenvalue weighted by molar-refractivity contribution is 7.89. The lowest BCUT2D eigenvalue weighted by atomic mass is 10.1. The highest BCUT2D eigenvalue weighted by Crippen LogP contribution is 2.28. The van der Waals surface area contributed by atoms with Crippen molar-refractivity contribution in [1.29, 1.82) is 0 Å². The van der Waals surface area contributed by atoms with Gasteiger partial charge in [0.25, 0.3) is 0 Å². The number of rotatable bonds is 8. The molecule has 0 atom stereocenters. The van der Waals surface area contributed by atoms with Gasteiger partial charge >= 0.3 is 0 Å². The predicted molar refractivity (Wildman–Crippen MR) is 134 cm³/mol. The zero-order valence-electron chi connectivity index (χ0n) is 18.9. The van der Waals surface area contributed by atoms with Gasteiger partial charge in [0.1, 0.15) is 5.82 Å². The van der Waals surface area contributed by atoms with Gasteiger partial charge in [-0.1, -0.05) is 35.9 Å². The molecule has 0 saturated carbocycles. The van der Waals surface area contributed by atoms with Gasteiger partial charge in [-0.15, -0.1) is 0 Å². The molecule has 0 aliphatic carbocycles. The first-order chi connectivity index (χ1) is 16.3. The van der Waals surface area contributed by atoms with E-state index < -0.39 is 10.0 Å². The molecule has 0 bridgehead atoms. The number of nitrogen functional groups attached to an aromatic ring is 1. The van der Waals surface area contributed by atoms with E-state index in [2.05, 4.69) is 20.0 Å². The summed E-state index contributed by atoms with van der Waals surface area (Å²) in [6.07, 6.45) is 2.06. The van der Waals surface area contributed by atoms with Crippen LogP contribution in [0.25, 0.3) is 11.3 Å². The van der Waals surface area contributed by atoms with Crippen molar-refractivity contribution >= 4 is 33.4 Å². The van der Waals surface area contributed by atoms with Crippen LogP contribution in [-0.2, 0) is 21.2 Å². The van der Waals surface area contributed by atoms with E-state index in [0.29, 0.717) is 55.6 Å². The van der Waals surface area contributed by atoms with Crippen LogP contribution < -0.4 is 15.8 Å². The van der Waals surface area contributed by atoms with Crippen LogP contribution in [0.15, 0.2) is 53.4 Å². The quantitative estimate of drug-likeness (QED) is 0.429. The molecule has 0 amide bonds. The van der Waals surface area contributed by atoms with Crippen molar-refractivity contribution in [3.63, 3.8) is 0 Å². The summed E-state index contributed by atoms with van der Waals surface area (Å²) in [7, 11) is -3.54. The van der Waals surface area contributed by atoms with Crippen LogP contribution in [0.3, 0.4) is 0 Å². The summed E-state index contributed by atoms with van der Waals surface area (Å²) < 4.78 is 33.3. The van der Waals surface area contributed by atoms with E-state index in [1.807, 2.05) is 43.3 Å². The van der Waals surface area contributed by atoms with Crippen LogP contribution in [0.1, 0.15) is 24.0 Å². The summed E-state index contributed by atoms with van der Waals surface area (Å²) in [6, 6.07) is 14.3. The number of nitrogens with zero attached hydrogens (tertiary/aromatic N) is 2. The Morgan fingerprint density at radius 3 is 2.59 bits per heavy atom. The summed E-state index contributed by atoms with van der Waals surface area (Å²) >= 11 is 6.25. The first kappa shape index (κ1) is 24.4. The topological polar surface area (TPSA) is 119 Å². The Bertz CT molecular complexity index is 1250. The average molecular weight is 502 g/mol. The smallest absolute Gasteiger partial charge is 0.240 e. The Morgan fingerprint density at radius 1 is 1.12 bits per heavy atom. The number of ether oxygens (including phenoxy) is 1. The molecule has 1 fully saturated rings. The second-order valence-corrected chi connectivity index (χ2v) is 10.4. The maximum absolute atomic E-state index is 12.6. The number of aromatic nitrogens is 2. The number of hydrogen-bond acceptors (Lipinski definition) is 7. The number of nitrogens with one attached hydrogen (secondary N) is 2. The average Bonchev–Trinajstić information content (AvgIpc) is 2.81. The SMILES string of the molecule is Cc1c(Cl)cccc1-c1cc(NCCc2ccc(S(=O)(=O)NC3CCOCC3)cc2)nc(N)n1. The summed E-state index contributed by atoms with van der Waals surface area (Å²) in [5, 5.41) is 3.94. The van der Waals surface area contributed by atoms with Gasteiger partial charge in [-0.25, -0.2) is 18.1 Å². The van der Waals surface area contributed by atoms with E-state index in [4.69, 9.17) is 22.1 Å². The van der Waals surface area contributed by atoms with Gasteiger partial charge in [-0.2, -0.15) is 4.98 Å². The Hall–Kier alpha value is -2.72. The van der Waals surface area contributed by atoms with E-state index in [1.165, 1.54) is 0 Å². The fourth-order valence-electron chi connectivity index (χ4n) is 3.85. The molecule has 1 saturated heterocycles. The zero-order valence-corrected chi connectivity index (χ0v) is 20.5. The van der Waals surface area contributed by atoms with E-state index in [0.717, 1.165) is 16.7 Å². The lowest BCUT2D eigenvalue weighted by molar-refractivity contribution is 0.0832. The molecule has 1 aliphatic rings. The fourth-order valence-corrected chi connectivity index (χ4v) is 5.33. The molecule has 2 heterocycles. The van der Waals surface area contributed by atoms with Crippen molar-refractivity contribution in [2.75, 3.05) is 30.8 Å². The van der Waals surface area contributed by atoms with Crippen LogP contribution in [0, 0.1) is 6.92 Å². The number of hydrogen-bond donors (Lipinski definition) is 3.